The molecule has 0 aliphatic rings. The largest absolute Gasteiger partial charge is 0.317 e. The monoisotopic (exact) mass is 151 g/mol. The molecule has 0 saturated carbocycles. The van der Waals surface area contributed by atoms with Gasteiger partial charge in [-0.1, -0.05) is 13.3 Å². The summed E-state index contributed by atoms with van der Waals surface area (Å²) in [5.41, 5.74) is 0. The van der Waals surface area contributed by atoms with Crippen molar-refractivity contribution in [3.63, 3.8) is 0 Å². The number of alkyl halides is 2. The molecule has 3 heteroatoms. The molecule has 0 heterocycles. The van der Waals surface area contributed by atoms with Gasteiger partial charge in [0.2, 0.25) is 6.43 Å². The highest BCUT2D eigenvalue weighted by Crippen LogP contribution is 1.95. The molecule has 0 aliphatic heterocycles. The number of unbranched alkanes of at least 4 members (excludes halogenated alkanes) is 1. The van der Waals surface area contributed by atoms with Crippen molar-refractivity contribution < 1.29 is 8.78 Å². The van der Waals surface area contributed by atoms with Gasteiger partial charge in [-0.2, -0.15) is 0 Å². The van der Waals surface area contributed by atoms with Crippen molar-refractivity contribution >= 4 is 0 Å². The molecule has 0 radical (unpaired) electrons. The van der Waals surface area contributed by atoms with Gasteiger partial charge in [0.15, 0.2) is 0 Å². The van der Waals surface area contributed by atoms with Crippen molar-refractivity contribution in [3.05, 3.63) is 0 Å². The molecular formula is C7H15F2N. The minimum atomic E-state index is -2.16. The van der Waals surface area contributed by atoms with Gasteiger partial charge in [-0.15, -0.1) is 0 Å². The third-order valence-corrected chi connectivity index (χ3v) is 1.25. The Morgan fingerprint density at radius 3 is 2.50 bits per heavy atom. The quantitative estimate of drug-likeness (QED) is 0.573. The standard InChI is InChI=1S/C7H15F2N/c1-2-3-5-10-6-4-7(8)9/h7,10H,2-6H2,1H3. The van der Waals surface area contributed by atoms with Gasteiger partial charge < -0.3 is 5.32 Å². The van der Waals surface area contributed by atoms with Crippen molar-refractivity contribution in [2.24, 2.45) is 0 Å². The average Bonchev–Trinajstić information content (AvgIpc) is 1.87. The van der Waals surface area contributed by atoms with E-state index >= 15 is 0 Å². The second kappa shape index (κ2) is 6.93. The fraction of sp³-hybridized carbons (Fsp3) is 1.00. The lowest BCUT2D eigenvalue weighted by atomic mass is 10.3. The third kappa shape index (κ3) is 7.82. The molecule has 0 aromatic heterocycles. The maximum absolute atomic E-state index is 11.5. The van der Waals surface area contributed by atoms with Crippen LogP contribution in [0.3, 0.4) is 0 Å². The summed E-state index contributed by atoms with van der Waals surface area (Å²) >= 11 is 0. The molecule has 0 saturated heterocycles. The molecule has 0 bridgehead atoms. The van der Waals surface area contributed by atoms with E-state index in [0.29, 0.717) is 6.54 Å². The first-order chi connectivity index (χ1) is 4.77. The maximum Gasteiger partial charge on any atom is 0.239 e. The van der Waals surface area contributed by atoms with Gasteiger partial charge >= 0.3 is 0 Å². The number of nitrogens with one attached hydrogen (secondary N) is 1. The Labute approximate surface area is 60.8 Å². The molecule has 10 heavy (non-hydrogen) atoms. The minimum Gasteiger partial charge on any atom is -0.317 e. The zero-order valence-corrected chi connectivity index (χ0v) is 6.37. The Bertz CT molecular complexity index is 66.6. The van der Waals surface area contributed by atoms with Crippen LogP contribution in [-0.4, -0.2) is 19.5 Å². The van der Waals surface area contributed by atoms with Crippen LogP contribution in [0.25, 0.3) is 0 Å². The van der Waals surface area contributed by atoms with Crippen LogP contribution in [0.1, 0.15) is 26.2 Å². The number of hydrogen-bond donors (Lipinski definition) is 1. The zero-order valence-electron chi connectivity index (χ0n) is 6.37. The molecular weight excluding hydrogens is 136 g/mol. The van der Waals surface area contributed by atoms with Gasteiger partial charge in [-0.25, -0.2) is 8.78 Å². The first-order valence-electron chi connectivity index (χ1n) is 3.76. The molecule has 62 valence electrons. The molecule has 0 atom stereocenters. The Balaban J connectivity index is 2.77. The van der Waals surface area contributed by atoms with Crippen molar-refractivity contribution in [1.29, 1.82) is 0 Å². The van der Waals surface area contributed by atoms with E-state index in [1.807, 2.05) is 0 Å². The normalized spacial score (nSPS) is 10.8. The number of halogens is 2. The fourth-order valence-corrected chi connectivity index (χ4v) is 0.638. The molecule has 0 aromatic carbocycles. The molecule has 0 fully saturated rings. The van der Waals surface area contributed by atoms with Gasteiger partial charge in [0.05, 0.1) is 0 Å². The summed E-state index contributed by atoms with van der Waals surface area (Å²) in [4.78, 5) is 0. The van der Waals surface area contributed by atoms with Crippen molar-refractivity contribution in [3.8, 4) is 0 Å². The molecule has 0 spiro atoms. The highest BCUT2D eigenvalue weighted by atomic mass is 19.3. The smallest absolute Gasteiger partial charge is 0.239 e. The SMILES string of the molecule is CCCCNCCC(F)F. The van der Waals surface area contributed by atoms with E-state index in [2.05, 4.69) is 12.2 Å². The van der Waals surface area contributed by atoms with E-state index in [1.54, 1.807) is 0 Å². The lowest BCUT2D eigenvalue weighted by Gasteiger charge is -2.01. The van der Waals surface area contributed by atoms with E-state index in [4.69, 9.17) is 0 Å². The number of rotatable bonds is 6. The average molecular weight is 151 g/mol. The van der Waals surface area contributed by atoms with E-state index in [1.165, 1.54) is 0 Å². The topological polar surface area (TPSA) is 12.0 Å². The first-order valence-corrected chi connectivity index (χ1v) is 3.76. The first kappa shape index (κ1) is 9.82. The second-order valence-corrected chi connectivity index (χ2v) is 2.28. The van der Waals surface area contributed by atoms with Crippen LogP contribution < -0.4 is 5.32 Å². The Morgan fingerprint density at radius 2 is 2.00 bits per heavy atom. The molecule has 0 rings (SSSR count). The highest BCUT2D eigenvalue weighted by molar-refractivity contribution is 4.48. The molecule has 0 aliphatic carbocycles. The predicted molar refractivity (Wildman–Crippen MR) is 38.4 cm³/mol. The van der Waals surface area contributed by atoms with Gasteiger partial charge in [0.25, 0.3) is 0 Å². The fourth-order valence-electron chi connectivity index (χ4n) is 0.638. The zero-order chi connectivity index (χ0) is 7.82. The lowest BCUT2D eigenvalue weighted by Crippen LogP contribution is -2.18. The van der Waals surface area contributed by atoms with Crippen LogP contribution in [0, 0.1) is 0 Å². The molecule has 0 amide bonds. The molecule has 0 aromatic rings. The van der Waals surface area contributed by atoms with Crippen LogP contribution in [0.2, 0.25) is 0 Å². The Kier molecular flexibility index (Phi) is 6.81. The van der Waals surface area contributed by atoms with Crippen LogP contribution in [0.4, 0.5) is 8.78 Å². The van der Waals surface area contributed by atoms with E-state index in [9.17, 15) is 8.78 Å². The summed E-state index contributed by atoms with van der Waals surface area (Å²) < 4.78 is 23.0. The Morgan fingerprint density at radius 1 is 1.30 bits per heavy atom. The molecule has 1 N–H and O–H groups in total. The minimum absolute atomic E-state index is 0.0241. The summed E-state index contributed by atoms with van der Waals surface area (Å²) in [6.07, 6.45) is 0.00312. The van der Waals surface area contributed by atoms with Crippen molar-refractivity contribution in [1.82, 2.24) is 5.32 Å². The summed E-state index contributed by atoms with van der Waals surface area (Å²) in [7, 11) is 0. The summed E-state index contributed by atoms with van der Waals surface area (Å²) in [5.74, 6) is 0. The van der Waals surface area contributed by atoms with Gasteiger partial charge in [-0.3, -0.25) is 0 Å². The van der Waals surface area contributed by atoms with Crippen LogP contribution in [0.5, 0.6) is 0 Å². The second-order valence-electron chi connectivity index (χ2n) is 2.28. The molecule has 1 nitrogen and oxygen atoms in total. The van der Waals surface area contributed by atoms with Crippen molar-refractivity contribution in [2.75, 3.05) is 13.1 Å². The van der Waals surface area contributed by atoms with E-state index in [-0.39, 0.29) is 6.42 Å². The van der Waals surface area contributed by atoms with Crippen LogP contribution in [0.15, 0.2) is 0 Å². The van der Waals surface area contributed by atoms with Gasteiger partial charge in [0.1, 0.15) is 0 Å². The summed E-state index contributed by atoms with van der Waals surface area (Å²) in [5, 5.41) is 2.94. The summed E-state index contributed by atoms with van der Waals surface area (Å²) in [6, 6.07) is 0. The Hall–Kier alpha value is -0.180. The van der Waals surface area contributed by atoms with Gasteiger partial charge in [-0.05, 0) is 13.0 Å². The van der Waals surface area contributed by atoms with Crippen LogP contribution in [-0.2, 0) is 0 Å². The molecule has 0 unspecified atom stereocenters. The lowest BCUT2D eigenvalue weighted by molar-refractivity contribution is 0.137. The third-order valence-electron chi connectivity index (χ3n) is 1.25. The predicted octanol–water partition coefficient (Wildman–Crippen LogP) is 2.03. The summed E-state index contributed by atoms with van der Waals surface area (Å²) in [6.45, 7) is 3.38. The van der Waals surface area contributed by atoms with Crippen LogP contribution >= 0.6 is 0 Å². The highest BCUT2D eigenvalue weighted by Gasteiger charge is 1.99. The maximum atomic E-state index is 11.5. The van der Waals surface area contributed by atoms with E-state index in [0.717, 1.165) is 19.4 Å². The van der Waals surface area contributed by atoms with Gasteiger partial charge in [0, 0.05) is 13.0 Å². The van der Waals surface area contributed by atoms with Crippen molar-refractivity contribution in [2.45, 2.75) is 32.6 Å². The number of hydrogen-bond acceptors (Lipinski definition) is 1. The van der Waals surface area contributed by atoms with E-state index < -0.39 is 6.43 Å².